The summed E-state index contributed by atoms with van der Waals surface area (Å²) in [5, 5.41) is 10.8. The molecular formula is C14H20Cl2N2O. The summed E-state index contributed by atoms with van der Waals surface area (Å²) in [5.41, 5.74) is 0.778. The van der Waals surface area contributed by atoms with Crippen LogP contribution in [-0.2, 0) is 6.54 Å². The first kappa shape index (κ1) is 14.9. The van der Waals surface area contributed by atoms with Crippen molar-refractivity contribution in [2.45, 2.75) is 25.4 Å². The van der Waals surface area contributed by atoms with Gasteiger partial charge in [0.1, 0.15) is 5.75 Å². The van der Waals surface area contributed by atoms with Gasteiger partial charge in [-0.15, -0.1) is 0 Å². The van der Waals surface area contributed by atoms with Crippen molar-refractivity contribution in [2.75, 3.05) is 27.2 Å². The number of benzene rings is 1. The molecule has 1 saturated heterocycles. The normalized spacial score (nSPS) is 20.4. The average molecular weight is 303 g/mol. The number of likely N-dealkylation sites (N-methyl/N-ethyl adjacent to an activating group) is 2. The molecule has 0 aromatic heterocycles. The molecule has 0 aliphatic carbocycles. The first-order valence-corrected chi connectivity index (χ1v) is 7.28. The minimum Gasteiger partial charge on any atom is -0.506 e. The Kier molecular flexibility index (Phi) is 4.96. The molecule has 1 aliphatic heterocycles. The summed E-state index contributed by atoms with van der Waals surface area (Å²) < 4.78 is 0. The van der Waals surface area contributed by atoms with Crippen molar-refractivity contribution in [3.05, 3.63) is 27.7 Å². The van der Waals surface area contributed by atoms with E-state index in [0.717, 1.165) is 12.1 Å². The van der Waals surface area contributed by atoms with Crippen molar-refractivity contribution < 1.29 is 5.11 Å². The second-order valence-corrected chi connectivity index (χ2v) is 6.21. The molecule has 1 heterocycles. The van der Waals surface area contributed by atoms with Crippen LogP contribution in [0, 0.1) is 0 Å². The van der Waals surface area contributed by atoms with Crippen LogP contribution in [0.1, 0.15) is 18.4 Å². The van der Waals surface area contributed by atoms with Crippen molar-refractivity contribution in [1.82, 2.24) is 9.80 Å². The molecule has 3 nitrogen and oxygen atoms in total. The van der Waals surface area contributed by atoms with Gasteiger partial charge < -0.3 is 14.9 Å². The fraction of sp³-hybridized carbons (Fsp3) is 0.571. The standard InChI is InChI=1S/C14H20Cl2N2O/c1-17(9-12-4-3-5-18(12)2)8-10-6-11(15)7-13(16)14(10)19/h6-7,12,19H,3-5,8-9H2,1-2H3. The highest BCUT2D eigenvalue weighted by Crippen LogP contribution is 2.32. The number of aromatic hydroxyl groups is 1. The monoisotopic (exact) mass is 302 g/mol. The molecule has 0 amide bonds. The molecule has 1 unspecified atom stereocenters. The largest absolute Gasteiger partial charge is 0.506 e. The minimum atomic E-state index is 0.137. The lowest BCUT2D eigenvalue weighted by atomic mass is 10.1. The van der Waals surface area contributed by atoms with Gasteiger partial charge in [-0.25, -0.2) is 0 Å². The smallest absolute Gasteiger partial charge is 0.138 e. The molecule has 0 spiro atoms. The zero-order valence-corrected chi connectivity index (χ0v) is 12.9. The summed E-state index contributed by atoms with van der Waals surface area (Å²) in [6.45, 7) is 2.81. The van der Waals surface area contributed by atoms with Gasteiger partial charge >= 0.3 is 0 Å². The van der Waals surface area contributed by atoms with Crippen LogP contribution in [0.25, 0.3) is 0 Å². The molecule has 1 aliphatic rings. The third-order valence-electron chi connectivity index (χ3n) is 3.74. The molecule has 1 atom stereocenters. The maximum atomic E-state index is 9.96. The summed E-state index contributed by atoms with van der Waals surface area (Å²) in [6.07, 6.45) is 2.51. The molecule has 1 N–H and O–H groups in total. The number of hydrogen-bond acceptors (Lipinski definition) is 3. The van der Waals surface area contributed by atoms with Crippen LogP contribution >= 0.6 is 23.2 Å². The Morgan fingerprint density at radius 2 is 2.16 bits per heavy atom. The van der Waals surface area contributed by atoms with E-state index in [9.17, 15) is 5.11 Å². The van der Waals surface area contributed by atoms with E-state index in [1.54, 1.807) is 12.1 Å². The Morgan fingerprint density at radius 1 is 1.42 bits per heavy atom. The lowest BCUT2D eigenvalue weighted by molar-refractivity contribution is 0.214. The van der Waals surface area contributed by atoms with Crippen molar-refractivity contribution in [2.24, 2.45) is 0 Å². The molecular weight excluding hydrogens is 283 g/mol. The molecule has 106 valence electrons. The lowest BCUT2D eigenvalue weighted by Gasteiger charge is -2.26. The van der Waals surface area contributed by atoms with Gasteiger partial charge in [0, 0.05) is 29.7 Å². The highest BCUT2D eigenvalue weighted by molar-refractivity contribution is 6.35. The minimum absolute atomic E-state index is 0.137. The predicted molar refractivity (Wildman–Crippen MR) is 80.1 cm³/mol. The Balaban J connectivity index is 2.00. The zero-order chi connectivity index (χ0) is 14.0. The van der Waals surface area contributed by atoms with Crippen LogP contribution in [0.3, 0.4) is 0 Å². The van der Waals surface area contributed by atoms with Crippen molar-refractivity contribution in [3.63, 3.8) is 0 Å². The Morgan fingerprint density at radius 3 is 2.79 bits per heavy atom. The molecule has 1 aromatic carbocycles. The molecule has 2 rings (SSSR count). The van der Waals surface area contributed by atoms with E-state index in [2.05, 4.69) is 23.9 Å². The van der Waals surface area contributed by atoms with Crippen molar-refractivity contribution in [3.8, 4) is 5.75 Å². The molecule has 1 aromatic rings. The molecule has 5 heteroatoms. The number of hydrogen-bond donors (Lipinski definition) is 1. The summed E-state index contributed by atoms with van der Waals surface area (Å²) in [5.74, 6) is 0.137. The van der Waals surface area contributed by atoms with Gasteiger partial charge in [0.15, 0.2) is 0 Å². The van der Waals surface area contributed by atoms with Gasteiger partial charge in [0.05, 0.1) is 5.02 Å². The molecule has 0 bridgehead atoms. The Labute approximate surface area is 124 Å². The van der Waals surface area contributed by atoms with E-state index < -0.39 is 0 Å². The quantitative estimate of drug-likeness (QED) is 0.925. The number of phenolic OH excluding ortho intramolecular Hbond substituents is 1. The average Bonchev–Trinajstić information content (AvgIpc) is 2.71. The molecule has 1 fully saturated rings. The van der Waals surface area contributed by atoms with E-state index in [1.807, 2.05) is 0 Å². The second-order valence-electron chi connectivity index (χ2n) is 5.37. The fourth-order valence-corrected chi connectivity index (χ4v) is 3.20. The molecule has 0 saturated carbocycles. The third-order valence-corrected chi connectivity index (χ3v) is 4.25. The van der Waals surface area contributed by atoms with E-state index >= 15 is 0 Å². The van der Waals surface area contributed by atoms with E-state index in [1.165, 1.54) is 19.4 Å². The number of nitrogens with zero attached hydrogens (tertiary/aromatic N) is 2. The first-order chi connectivity index (χ1) is 8.97. The number of likely N-dealkylation sites (tertiary alicyclic amines) is 1. The highest BCUT2D eigenvalue weighted by Gasteiger charge is 2.22. The van der Waals surface area contributed by atoms with Crippen LogP contribution in [0.4, 0.5) is 0 Å². The fourth-order valence-electron chi connectivity index (χ4n) is 2.66. The van der Waals surface area contributed by atoms with Gasteiger partial charge in [-0.2, -0.15) is 0 Å². The second kappa shape index (κ2) is 6.31. The van der Waals surface area contributed by atoms with Crippen LogP contribution in [0.15, 0.2) is 12.1 Å². The van der Waals surface area contributed by atoms with Gasteiger partial charge in [-0.05, 0) is 45.6 Å². The number of halogens is 2. The highest BCUT2D eigenvalue weighted by atomic mass is 35.5. The van der Waals surface area contributed by atoms with E-state index in [-0.39, 0.29) is 5.75 Å². The summed E-state index contributed by atoms with van der Waals surface area (Å²) in [7, 11) is 4.22. The first-order valence-electron chi connectivity index (χ1n) is 6.53. The number of rotatable bonds is 4. The Bertz CT molecular complexity index is 453. The van der Waals surface area contributed by atoms with Crippen LogP contribution in [0.5, 0.6) is 5.75 Å². The Hall–Kier alpha value is -0.480. The van der Waals surface area contributed by atoms with Crippen LogP contribution in [0.2, 0.25) is 10.0 Å². The van der Waals surface area contributed by atoms with Crippen molar-refractivity contribution >= 4 is 23.2 Å². The summed E-state index contributed by atoms with van der Waals surface area (Å²) in [6, 6.07) is 3.94. The van der Waals surface area contributed by atoms with E-state index in [4.69, 9.17) is 23.2 Å². The summed E-state index contributed by atoms with van der Waals surface area (Å²) >= 11 is 11.9. The van der Waals surface area contributed by atoms with Gasteiger partial charge in [0.2, 0.25) is 0 Å². The maximum absolute atomic E-state index is 9.96. The third kappa shape index (κ3) is 3.76. The van der Waals surface area contributed by atoms with Crippen LogP contribution < -0.4 is 0 Å². The van der Waals surface area contributed by atoms with Crippen molar-refractivity contribution in [1.29, 1.82) is 0 Å². The van der Waals surface area contributed by atoms with Crippen LogP contribution in [-0.4, -0.2) is 48.1 Å². The predicted octanol–water partition coefficient (Wildman–Crippen LogP) is 3.23. The van der Waals surface area contributed by atoms with Gasteiger partial charge in [-0.3, -0.25) is 0 Å². The molecule has 19 heavy (non-hydrogen) atoms. The van der Waals surface area contributed by atoms with E-state index in [0.29, 0.717) is 22.6 Å². The zero-order valence-electron chi connectivity index (χ0n) is 11.4. The topological polar surface area (TPSA) is 26.7 Å². The summed E-state index contributed by atoms with van der Waals surface area (Å²) in [4.78, 5) is 4.59. The SMILES string of the molecule is CN(Cc1cc(Cl)cc(Cl)c1O)CC1CCCN1C. The van der Waals surface area contributed by atoms with Gasteiger partial charge in [-0.1, -0.05) is 23.2 Å². The molecule has 0 radical (unpaired) electrons. The maximum Gasteiger partial charge on any atom is 0.138 e. The van der Waals surface area contributed by atoms with Gasteiger partial charge in [0.25, 0.3) is 0 Å². The lowest BCUT2D eigenvalue weighted by Crippen LogP contribution is -2.36. The number of phenols is 1.